The first-order chi connectivity index (χ1) is 13.1. The fourth-order valence-corrected chi connectivity index (χ4v) is 2.84. The minimum absolute atomic E-state index is 0.0133. The van der Waals surface area contributed by atoms with Crippen molar-refractivity contribution >= 4 is 11.6 Å². The second kappa shape index (κ2) is 7.10. The van der Waals surface area contributed by atoms with Crippen molar-refractivity contribution in [3.8, 4) is 11.4 Å². The number of benzene rings is 1. The number of imidazole rings is 1. The van der Waals surface area contributed by atoms with E-state index < -0.39 is 17.8 Å². The Bertz CT molecular complexity index is 1050. The van der Waals surface area contributed by atoms with Crippen LogP contribution in [0, 0.1) is 20.8 Å². The van der Waals surface area contributed by atoms with Crippen molar-refractivity contribution < 1.29 is 18.0 Å². The fraction of sp³-hybridized carbons (Fsp3) is 0.250. The molecule has 0 saturated heterocycles. The standard InChI is InChI=1S/C20H19F3N4O/c1-11-5-6-14(9-16(11)18-24-10-12(2)27(18)4)26-19(28)15-7-8-17(20(21,22)23)25-13(15)3/h5-10H,1-4H3,(H,26,28). The van der Waals surface area contributed by atoms with E-state index in [1.54, 1.807) is 18.3 Å². The zero-order valence-electron chi connectivity index (χ0n) is 15.8. The molecule has 1 N–H and O–H groups in total. The van der Waals surface area contributed by atoms with Gasteiger partial charge in [-0.25, -0.2) is 9.97 Å². The molecule has 0 unspecified atom stereocenters. The second-order valence-electron chi connectivity index (χ2n) is 6.59. The highest BCUT2D eigenvalue weighted by Crippen LogP contribution is 2.29. The van der Waals surface area contributed by atoms with Gasteiger partial charge in [0.15, 0.2) is 0 Å². The number of anilines is 1. The van der Waals surface area contributed by atoms with Gasteiger partial charge in [0, 0.05) is 30.2 Å². The average molecular weight is 388 g/mol. The molecule has 0 aliphatic carbocycles. The summed E-state index contributed by atoms with van der Waals surface area (Å²) in [5.74, 6) is 0.239. The summed E-state index contributed by atoms with van der Waals surface area (Å²) in [5, 5.41) is 2.72. The molecule has 0 radical (unpaired) electrons. The van der Waals surface area contributed by atoms with Crippen LogP contribution in [-0.2, 0) is 13.2 Å². The van der Waals surface area contributed by atoms with E-state index in [4.69, 9.17) is 0 Å². The van der Waals surface area contributed by atoms with Crippen LogP contribution in [0.2, 0.25) is 0 Å². The Hall–Kier alpha value is -3.16. The molecule has 2 heterocycles. The molecule has 5 nitrogen and oxygen atoms in total. The van der Waals surface area contributed by atoms with E-state index in [2.05, 4.69) is 15.3 Å². The predicted octanol–water partition coefficient (Wildman–Crippen LogP) is 4.68. The molecule has 2 aromatic heterocycles. The third-order valence-electron chi connectivity index (χ3n) is 4.58. The van der Waals surface area contributed by atoms with Crippen molar-refractivity contribution in [1.82, 2.24) is 14.5 Å². The Morgan fingerprint density at radius 1 is 1.11 bits per heavy atom. The molecule has 8 heteroatoms. The molecule has 0 atom stereocenters. The number of nitrogens with zero attached hydrogens (tertiary/aromatic N) is 3. The maximum absolute atomic E-state index is 12.8. The van der Waals surface area contributed by atoms with Gasteiger partial charge >= 0.3 is 6.18 Å². The molecule has 0 fully saturated rings. The largest absolute Gasteiger partial charge is 0.433 e. The number of aryl methyl sites for hydroxylation is 3. The first-order valence-electron chi connectivity index (χ1n) is 8.53. The van der Waals surface area contributed by atoms with Gasteiger partial charge in [-0.3, -0.25) is 4.79 Å². The molecule has 146 valence electrons. The van der Waals surface area contributed by atoms with Gasteiger partial charge in [-0.05, 0) is 50.6 Å². The Balaban J connectivity index is 1.89. The van der Waals surface area contributed by atoms with Gasteiger partial charge in [0.1, 0.15) is 11.5 Å². The van der Waals surface area contributed by atoms with Crippen molar-refractivity contribution in [1.29, 1.82) is 0 Å². The summed E-state index contributed by atoms with van der Waals surface area (Å²) < 4.78 is 40.2. The number of nitrogens with one attached hydrogen (secondary N) is 1. The third-order valence-corrected chi connectivity index (χ3v) is 4.58. The lowest BCUT2D eigenvalue weighted by Gasteiger charge is -2.12. The molecule has 0 aliphatic rings. The normalized spacial score (nSPS) is 11.5. The quantitative estimate of drug-likeness (QED) is 0.709. The van der Waals surface area contributed by atoms with E-state index in [0.29, 0.717) is 5.69 Å². The molecule has 0 aliphatic heterocycles. The van der Waals surface area contributed by atoms with Crippen LogP contribution in [0.15, 0.2) is 36.5 Å². The minimum atomic E-state index is -4.55. The lowest BCUT2D eigenvalue weighted by atomic mass is 10.1. The average Bonchev–Trinajstić information content (AvgIpc) is 2.94. The lowest BCUT2D eigenvalue weighted by molar-refractivity contribution is -0.141. The van der Waals surface area contributed by atoms with Crippen LogP contribution in [0.1, 0.15) is 33.0 Å². The van der Waals surface area contributed by atoms with E-state index in [0.717, 1.165) is 34.8 Å². The van der Waals surface area contributed by atoms with Crippen LogP contribution in [0.3, 0.4) is 0 Å². The van der Waals surface area contributed by atoms with Crippen LogP contribution in [0.4, 0.5) is 18.9 Å². The van der Waals surface area contributed by atoms with Gasteiger partial charge in [0.05, 0.1) is 11.3 Å². The van der Waals surface area contributed by atoms with Crippen molar-refractivity contribution in [3.63, 3.8) is 0 Å². The van der Waals surface area contributed by atoms with Crippen molar-refractivity contribution in [3.05, 3.63) is 64.7 Å². The number of pyridine rings is 1. The summed E-state index contributed by atoms with van der Waals surface area (Å²) >= 11 is 0. The molecular weight excluding hydrogens is 369 g/mol. The van der Waals surface area contributed by atoms with Crippen LogP contribution >= 0.6 is 0 Å². The second-order valence-corrected chi connectivity index (χ2v) is 6.59. The number of alkyl halides is 3. The molecule has 0 spiro atoms. The minimum Gasteiger partial charge on any atom is -0.331 e. The maximum atomic E-state index is 12.8. The fourth-order valence-electron chi connectivity index (χ4n) is 2.84. The summed E-state index contributed by atoms with van der Waals surface area (Å²) in [4.78, 5) is 20.5. The molecular formula is C20H19F3N4O. The van der Waals surface area contributed by atoms with Gasteiger partial charge in [-0.1, -0.05) is 6.07 Å². The van der Waals surface area contributed by atoms with Gasteiger partial charge < -0.3 is 9.88 Å². The number of aromatic nitrogens is 3. The predicted molar refractivity (Wildman–Crippen MR) is 100 cm³/mol. The Labute approximate surface area is 160 Å². The zero-order valence-corrected chi connectivity index (χ0v) is 15.8. The number of hydrogen-bond donors (Lipinski definition) is 1. The monoisotopic (exact) mass is 388 g/mol. The molecule has 3 rings (SSSR count). The molecule has 1 amide bonds. The summed E-state index contributed by atoms with van der Waals surface area (Å²) in [6, 6.07) is 7.32. The van der Waals surface area contributed by atoms with Crippen LogP contribution in [0.25, 0.3) is 11.4 Å². The number of rotatable bonds is 3. The zero-order chi connectivity index (χ0) is 20.6. The summed E-state index contributed by atoms with van der Waals surface area (Å²) in [7, 11) is 1.90. The van der Waals surface area contributed by atoms with Gasteiger partial charge in [-0.15, -0.1) is 0 Å². The third kappa shape index (κ3) is 3.76. The van der Waals surface area contributed by atoms with Gasteiger partial charge in [0.2, 0.25) is 0 Å². The highest BCUT2D eigenvalue weighted by atomic mass is 19.4. The SMILES string of the molecule is Cc1ccc(NC(=O)c2ccc(C(F)(F)F)nc2C)cc1-c1ncc(C)n1C. The van der Waals surface area contributed by atoms with Crippen LogP contribution in [0.5, 0.6) is 0 Å². The highest BCUT2D eigenvalue weighted by Gasteiger charge is 2.33. The molecule has 0 bridgehead atoms. The number of carbonyl (C=O) groups is 1. The van der Waals surface area contributed by atoms with E-state index in [1.807, 2.05) is 31.5 Å². The van der Waals surface area contributed by atoms with E-state index in [9.17, 15) is 18.0 Å². The Morgan fingerprint density at radius 2 is 1.82 bits per heavy atom. The van der Waals surface area contributed by atoms with Gasteiger partial charge in [0.25, 0.3) is 5.91 Å². The number of carbonyl (C=O) groups excluding carboxylic acids is 1. The first-order valence-corrected chi connectivity index (χ1v) is 8.53. The molecule has 1 aromatic carbocycles. The Morgan fingerprint density at radius 3 is 2.39 bits per heavy atom. The summed E-state index contributed by atoms with van der Waals surface area (Å²) in [6.07, 6.45) is -2.79. The van der Waals surface area contributed by atoms with Crippen LogP contribution < -0.4 is 5.32 Å². The lowest BCUT2D eigenvalue weighted by Crippen LogP contribution is -2.16. The van der Waals surface area contributed by atoms with Crippen molar-refractivity contribution in [2.75, 3.05) is 5.32 Å². The maximum Gasteiger partial charge on any atom is 0.433 e. The topological polar surface area (TPSA) is 59.8 Å². The van der Waals surface area contributed by atoms with E-state index >= 15 is 0 Å². The van der Waals surface area contributed by atoms with Gasteiger partial charge in [-0.2, -0.15) is 13.2 Å². The number of hydrogen-bond acceptors (Lipinski definition) is 3. The van der Waals surface area contributed by atoms with Crippen molar-refractivity contribution in [2.45, 2.75) is 26.9 Å². The van der Waals surface area contributed by atoms with Crippen LogP contribution in [-0.4, -0.2) is 20.4 Å². The molecule has 28 heavy (non-hydrogen) atoms. The first kappa shape index (κ1) is 19.6. The van der Waals surface area contributed by atoms with E-state index in [1.165, 1.54) is 6.92 Å². The van der Waals surface area contributed by atoms with E-state index in [-0.39, 0.29) is 11.3 Å². The number of halogens is 3. The molecule has 0 saturated carbocycles. The molecule has 3 aromatic rings. The van der Waals surface area contributed by atoms with Crippen molar-refractivity contribution in [2.24, 2.45) is 7.05 Å². The highest BCUT2D eigenvalue weighted by molar-refractivity contribution is 6.05. The smallest absolute Gasteiger partial charge is 0.331 e. The summed E-state index contributed by atoms with van der Waals surface area (Å²) in [6.45, 7) is 5.26. The summed E-state index contributed by atoms with van der Waals surface area (Å²) in [5.41, 5.74) is 2.43. The number of amides is 1. The Kier molecular flexibility index (Phi) is 4.97.